The van der Waals surface area contributed by atoms with Gasteiger partial charge in [-0.15, -0.1) is 0 Å². The third-order valence-electron chi connectivity index (χ3n) is 3.77. The first-order chi connectivity index (χ1) is 10.3. The molecule has 2 rings (SSSR count). The minimum atomic E-state index is 0.922. The maximum Gasteiger partial charge on any atom is 0.144 e. The summed E-state index contributed by atoms with van der Waals surface area (Å²) >= 11 is 0. The predicted molar refractivity (Wildman–Crippen MR) is 90.3 cm³/mol. The second-order valence-electron chi connectivity index (χ2n) is 5.39. The number of aromatic nitrogens is 1. The molecule has 2 aromatic rings. The van der Waals surface area contributed by atoms with Crippen molar-refractivity contribution in [3.8, 4) is 5.75 Å². The molecular weight excluding hydrogens is 260 g/mol. The summed E-state index contributed by atoms with van der Waals surface area (Å²) in [6.07, 6.45) is 6.70. The molecule has 0 amide bonds. The third kappa shape index (κ3) is 3.66. The van der Waals surface area contributed by atoms with Crippen LogP contribution in [0.25, 0.3) is 10.9 Å². The van der Waals surface area contributed by atoms with E-state index in [9.17, 15) is 0 Å². The minimum Gasteiger partial charge on any atom is -0.494 e. The number of anilines is 1. The van der Waals surface area contributed by atoms with Crippen molar-refractivity contribution in [1.29, 1.82) is 0 Å². The van der Waals surface area contributed by atoms with Crippen LogP contribution in [0.3, 0.4) is 0 Å². The van der Waals surface area contributed by atoms with E-state index >= 15 is 0 Å². The van der Waals surface area contributed by atoms with Crippen molar-refractivity contribution in [3.05, 3.63) is 30.5 Å². The maximum absolute atomic E-state index is 5.61. The zero-order chi connectivity index (χ0) is 15.1. The zero-order valence-electron chi connectivity index (χ0n) is 13.4. The minimum absolute atomic E-state index is 0.922. The van der Waals surface area contributed by atoms with Crippen LogP contribution in [0.1, 0.15) is 39.5 Å². The number of hydrogen-bond acceptors (Lipinski definition) is 3. The van der Waals surface area contributed by atoms with Gasteiger partial charge in [-0.25, -0.2) is 0 Å². The number of ether oxygens (including phenoxy) is 1. The van der Waals surface area contributed by atoms with Gasteiger partial charge >= 0.3 is 0 Å². The molecular formula is C18H26N2O. The van der Waals surface area contributed by atoms with E-state index in [1.165, 1.54) is 24.6 Å². The van der Waals surface area contributed by atoms with Gasteiger partial charge in [0.1, 0.15) is 11.4 Å². The average molecular weight is 286 g/mol. The molecule has 0 radical (unpaired) electrons. The molecule has 0 saturated heterocycles. The van der Waals surface area contributed by atoms with Gasteiger partial charge in [0, 0.05) is 24.7 Å². The Labute approximate surface area is 127 Å². The summed E-state index contributed by atoms with van der Waals surface area (Å²) in [6, 6.07) is 8.24. The number of benzene rings is 1. The van der Waals surface area contributed by atoms with Crippen LogP contribution in [-0.4, -0.2) is 25.2 Å². The normalized spacial score (nSPS) is 10.8. The molecule has 1 aromatic carbocycles. The lowest BCUT2D eigenvalue weighted by molar-refractivity contribution is 0.414. The van der Waals surface area contributed by atoms with Crippen molar-refractivity contribution < 1.29 is 4.74 Å². The van der Waals surface area contributed by atoms with Gasteiger partial charge in [-0.3, -0.25) is 4.98 Å². The zero-order valence-corrected chi connectivity index (χ0v) is 13.4. The van der Waals surface area contributed by atoms with E-state index in [2.05, 4.69) is 41.9 Å². The molecule has 0 bridgehead atoms. The fourth-order valence-corrected chi connectivity index (χ4v) is 2.74. The molecule has 3 heteroatoms. The van der Waals surface area contributed by atoms with Gasteiger partial charge in [0.2, 0.25) is 0 Å². The molecule has 0 spiro atoms. The number of methoxy groups -OCH3 is 1. The summed E-state index contributed by atoms with van der Waals surface area (Å²) in [5.74, 6) is 0.922. The van der Waals surface area contributed by atoms with E-state index in [4.69, 9.17) is 4.74 Å². The Bertz CT molecular complexity index is 568. The highest BCUT2D eigenvalue weighted by Crippen LogP contribution is 2.35. The largest absolute Gasteiger partial charge is 0.494 e. The summed E-state index contributed by atoms with van der Waals surface area (Å²) in [7, 11) is 1.74. The van der Waals surface area contributed by atoms with Crippen molar-refractivity contribution in [3.63, 3.8) is 0 Å². The Morgan fingerprint density at radius 3 is 2.62 bits per heavy atom. The highest BCUT2D eigenvalue weighted by atomic mass is 16.5. The lowest BCUT2D eigenvalue weighted by Gasteiger charge is -2.27. The van der Waals surface area contributed by atoms with Gasteiger partial charge in [-0.1, -0.05) is 32.8 Å². The Morgan fingerprint density at radius 1 is 1.05 bits per heavy atom. The van der Waals surface area contributed by atoms with E-state index in [0.29, 0.717) is 0 Å². The molecule has 0 fully saturated rings. The quantitative estimate of drug-likeness (QED) is 0.660. The number of nitrogens with zero attached hydrogens (tertiary/aromatic N) is 2. The Hall–Kier alpha value is -1.77. The maximum atomic E-state index is 5.61. The second kappa shape index (κ2) is 7.87. The fraction of sp³-hybridized carbons (Fsp3) is 0.500. The number of hydrogen-bond donors (Lipinski definition) is 0. The molecule has 1 aromatic heterocycles. The van der Waals surface area contributed by atoms with Gasteiger partial charge in [0.25, 0.3) is 0 Å². The van der Waals surface area contributed by atoms with Crippen LogP contribution in [0.4, 0.5) is 5.69 Å². The van der Waals surface area contributed by atoms with Gasteiger partial charge in [0.05, 0.1) is 12.6 Å². The predicted octanol–water partition coefficient (Wildman–Crippen LogP) is 4.65. The van der Waals surface area contributed by atoms with Gasteiger partial charge in [-0.05, 0) is 31.0 Å². The van der Waals surface area contributed by atoms with Crippen LogP contribution in [-0.2, 0) is 0 Å². The monoisotopic (exact) mass is 286 g/mol. The Kier molecular flexibility index (Phi) is 5.85. The second-order valence-corrected chi connectivity index (χ2v) is 5.39. The number of rotatable bonds is 8. The topological polar surface area (TPSA) is 25.4 Å². The number of unbranched alkanes of at least 4 members (excludes halogenated alkanes) is 2. The van der Waals surface area contributed by atoms with Crippen molar-refractivity contribution in [2.24, 2.45) is 0 Å². The third-order valence-corrected chi connectivity index (χ3v) is 3.77. The molecule has 0 saturated carbocycles. The van der Waals surface area contributed by atoms with E-state index in [0.717, 1.165) is 36.5 Å². The summed E-state index contributed by atoms with van der Waals surface area (Å²) < 4.78 is 5.61. The highest BCUT2D eigenvalue weighted by molar-refractivity contribution is 5.94. The first kappa shape index (κ1) is 15.6. The molecule has 3 nitrogen and oxygen atoms in total. The van der Waals surface area contributed by atoms with Crippen LogP contribution in [0, 0.1) is 0 Å². The van der Waals surface area contributed by atoms with E-state index in [1.54, 1.807) is 7.11 Å². The van der Waals surface area contributed by atoms with Crippen molar-refractivity contribution in [2.45, 2.75) is 39.5 Å². The van der Waals surface area contributed by atoms with Crippen LogP contribution >= 0.6 is 0 Å². The number of fused-ring (bicyclic) bond motifs is 1. The van der Waals surface area contributed by atoms with Crippen molar-refractivity contribution in [1.82, 2.24) is 4.98 Å². The SMILES string of the molecule is CCCCCN(CCC)c1c(OC)ccc2cccnc12. The molecule has 0 unspecified atom stereocenters. The van der Waals surface area contributed by atoms with E-state index < -0.39 is 0 Å². The van der Waals surface area contributed by atoms with Crippen LogP contribution < -0.4 is 9.64 Å². The standard InChI is InChI=1S/C18H26N2O/c1-4-6-7-14-20(13-5-2)18-16(21-3)11-10-15-9-8-12-19-17(15)18/h8-12H,4-7,13-14H2,1-3H3. The molecule has 114 valence electrons. The molecule has 0 atom stereocenters. The Morgan fingerprint density at radius 2 is 1.90 bits per heavy atom. The van der Waals surface area contributed by atoms with Gasteiger partial charge < -0.3 is 9.64 Å². The molecule has 1 heterocycles. The molecule has 0 aliphatic rings. The highest BCUT2D eigenvalue weighted by Gasteiger charge is 2.16. The van der Waals surface area contributed by atoms with Gasteiger partial charge in [-0.2, -0.15) is 0 Å². The molecule has 0 aliphatic heterocycles. The summed E-state index contributed by atoms with van der Waals surface area (Å²) in [5.41, 5.74) is 2.19. The lowest BCUT2D eigenvalue weighted by atomic mass is 10.1. The first-order valence-corrected chi connectivity index (χ1v) is 7.98. The van der Waals surface area contributed by atoms with E-state index in [1.807, 2.05) is 12.3 Å². The molecule has 0 N–H and O–H groups in total. The smallest absolute Gasteiger partial charge is 0.144 e. The van der Waals surface area contributed by atoms with Crippen molar-refractivity contribution in [2.75, 3.05) is 25.1 Å². The van der Waals surface area contributed by atoms with Crippen molar-refractivity contribution >= 4 is 16.6 Å². The molecule has 0 aliphatic carbocycles. The average Bonchev–Trinajstić information content (AvgIpc) is 2.53. The summed E-state index contributed by atoms with van der Waals surface area (Å²) in [4.78, 5) is 7.03. The van der Waals surface area contributed by atoms with Crippen LogP contribution in [0.2, 0.25) is 0 Å². The molecule has 21 heavy (non-hydrogen) atoms. The number of pyridine rings is 1. The van der Waals surface area contributed by atoms with Gasteiger partial charge in [0.15, 0.2) is 0 Å². The fourth-order valence-electron chi connectivity index (χ4n) is 2.74. The van der Waals surface area contributed by atoms with Crippen LogP contribution in [0.5, 0.6) is 5.75 Å². The first-order valence-electron chi connectivity index (χ1n) is 7.98. The summed E-state index contributed by atoms with van der Waals surface area (Å²) in [5, 5.41) is 1.17. The summed E-state index contributed by atoms with van der Waals surface area (Å²) in [6.45, 7) is 6.56. The lowest BCUT2D eigenvalue weighted by Crippen LogP contribution is -2.26. The Balaban J connectivity index is 2.43. The van der Waals surface area contributed by atoms with E-state index in [-0.39, 0.29) is 0 Å². The van der Waals surface area contributed by atoms with Crippen LogP contribution in [0.15, 0.2) is 30.5 Å².